The summed E-state index contributed by atoms with van der Waals surface area (Å²) in [5.41, 5.74) is -1.87. The van der Waals surface area contributed by atoms with E-state index in [0.717, 1.165) is 0 Å². The molecular formula is C13H8Cl2F3N3O2. The van der Waals surface area contributed by atoms with Gasteiger partial charge in [0.1, 0.15) is 11.6 Å². The van der Waals surface area contributed by atoms with Gasteiger partial charge in [0.15, 0.2) is 5.15 Å². The van der Waals surface area contributed by atoms with Crippen LogP contribution in [0.2, 0.25) is 10.2 Å². The van der Waals surface area contributed by atoms with Crippen molar-refractivity contribution in [1.82, 2.24) is 9.55 Å². The fourth-order valence-corrected chi connectivity index (χ4v) is 2.09. The van der Waals surface area contributed by atoms with Crippen molar-refractivity contribution in [1.29, 1.82) is 0 Å². The van der Waals surface area contributed by atoms with Crippen LogP contribution in [0.25, 0.3) is 0 Å². The SMILES string of the molecule is O=C(Cn1cc(C(F)(F)F)cc(Cl)c1=O)Nc1cccnc1Cl. The summed E-state index contributed by atoms with van der Waals surface area (Å²) >= 11 is 11.2. The number of nitrogens with zero attached hydrogens (tertiary/aromatic N) is 2. The molecule has 0 aromatic carbocycles. The Kier molecular flexibility index (Phi) is 4.96. The number of hydrogen-bond donors (Lipinski definition) is 1. The maximum Gasteiger partial charge on any atom is 0.417 e. The number of carbonyl (C=O) groups excluding carboxylic acids is 1. The molecule has 0 aliphatic carbocycles. The lowest BCUT2D eigenvalue weighted by Crippen LogP contribution is -2.29. The lowest BCUT2D eigenvalue weighted by atomic mass is 10.2. The summed E-state index contributed by atoms with van der Waals surface area (Å²) in [5, 5.41) is 1.72. The fourth-order valence-electron chi connectivity index (χ4n) is 1.70. The summed E-state index contributed by atoms with van der Waals surface area (Å²) in [6, 6.07) is 3.47. The Balaban J connectivity index is 2.26. The van der Waals surface area contributed by atoms with E-state index < -0.39 is 34.8 Å². The van der Waals surface area contributed by atoms with Gasteiger partial charge in [-0.15, -0.1) is 0 Å². The molecule has 0 bridgehead atoms. The van der Waals surface area contributed by atoms with Crippen molar-refractivity contribution < 1.29 is 18.0 Å². The van der Waals surface area contributed by atoms with Gasteiger partial charge in [-0.25, -0.2) is 4.98 Å². The number of nitrogens with one attached hydrogen (secondary N) is 1. The van der Waals surface area contributed by atoms with Gasteiger partial charge in [-0.05, 0) is 18.2 Å². The van der Waals surface area contributed by atoms with E-state index in [2.05, 4.69) is 10.3 Å². The molecular weight excluding hydrogens is 358 g/mol. The van der Waals surface area contributed by atoms with Gasteiger partial charge in [-0.3, -0.25) is 9.59 Å². The monoisotopic (exact) mass is 365 g/mol. The molecule has 0 aliphatic heterocycles. The topological polar surface area (TPSA) is 64.0 Å². The standard InChI is InChI=1S/C13H8Cl2F3N3O2/c14-8-4-7(13(16,17)18)5-21(12(8)23)6-10(22)20-9-2-1-3-19-11(9)15/h1-5H,6H2,(H,20,22). The summed E-state index contributed by atoms with van der Waals surface area (Å²) < 4.78 is 38.7. The molecule has 0 unspecified atom stereocenters. The van der Waals surface area contributed by atoms with Gasteiger partial charge in [0, 0.05) is 12.4 Å². The maximum absolute atomic E-state index is 12.7. The molecule has 2 aromatic heterocycles. The van der Waals surface area contributed by atoms with Crippen LogP contribution in [-0.4, -0.2) is 15.5 Å². The van der Waals surface area contributed by atoms with Crippen LogP contribution < -0.4 is 10.9 Å². The van der Waals surface area contributed by atoms with Crippen molar-refractivity contribution in [2.75, 3.05) is 5.32 Å². The van der Waals surface area contributed by atoms with E-state index in [0.29, 0.717) is 16.8 Å². The molecule has 0 radical (unpaired) electrons. The number of rotatable bonds is 3. The lowest BCUT2D eigenvalue weighted by Gasteiger charge is -2.12. The highest BCUT2D eigenvalue weighted by Crippen LogP contribution is 2.29. The largest absolute Gasteiger partial charge is 0.417 e. The van der Waals surface area contributed by atoms with Crippen LogP contribution >= 0.6 is 23.2 Å². The molecule has 0 atom stereocenters. The predicted molar refractivity (Wildman–Crippen MR) is 78.6 cm³/mol. The minimum atomic E-state index is -4.69. The second-order valence-electron chi connectivity index (χ2n) is 4.40. The second-order valence-corrected chi connectivity index (χ2v) is 5.16. The van der Waals surface area contributed by atoms with E-state index >= 15 is 0 Å². The molecule has 0 fully saturated rings. The first kappa shape index (κ1) is 17.3. The third-order valence-electron chi connectivity index (χ3n) is 2.72. The van der Waals surface area contributed by atoms with Crippen LogP contribution in [0.1, 0.15) is 5.56 Å². The number of amides is 1. The number of pyridine rings is 2. The molecule has 0 aliphatic rings. The lowest BCUT2D eigenvalue weighted by molar-refractivity contribution is -0.138. The Morgan fingerprint density at radius 2 is 2.04 bits per heavy atom. The zero-order valence-corrected chi connectivity index (χ0v) is 12.7. The summed E-state index contributed by atoms with van der Waals surface area (Å²) in [7, 11) is 0. The Hall–Kier alpha value is -2.06. The van der Waals surface area contributed by atoms with Gasteiger partial charge in [0.2, 0.25) is 5.91 Å². The van der Waals surface area contributed by atoms with E-state index in [-0.39, 0.29) is 10.8 Å². The van der Waals surface area contributed by atoms with Crippen molar-refractivity contribution in [3.05, 3.63) is 56.7 Å². The van der Waals surface area contributed by atoms with Crippen molar-refractivity contribution in [3.63, 3.8) is 0 Å². The molecule has 2 rings (SSSR count). The van der Waals surface area contributed by atoms with Gasteiger partial charge < -0.3 is 9.88 Å². The van der Waals surface area contributed by atoms with Crippen LogP contribution in [0.4, 0.5) is 18.9 Å². The first-order valence-electron chi connectivity index (χ1n) is 6.06. The molecule has 5 nitrogen and oxygen atoms in total. The van der Waals surface area contributed by atoms with Gasteiger partial charge in [0.05, 0.1) is 11.3 Å². The third kappa shape index (κ3) is 4.23. The van der Waals surface area contributed by atoms with Crippen LogP contribution in [0.3, 0.4) is 0 Å². The van der Waals surface area contributed by atoms with Crippen LogP contribution in [0, 0.1) is 0 Å². The maximum atomic E-state index is 12.7. The highest BCUT2D eigenvalue weighted by Gasteiger charge is 2.32. The molecule has 122 valence electrons. The van der Waals surface area contributed by atoms with Gasteiger partial charge in [0.25, 0.3) is 5.56 Å². The normalized spacial score (nSPS) is 11.3. The molecule has 0 saturated carbocycles. The quantitative estimate of drug-likeness (QED) is 0.849. The Morgan fingerprint density at radius 3 is 2.65 bits per heavy atom. The number of aromatic nitrogens is 2. The molecule has 2 heterocycles. The Morgan fingerprint density at radius 1 is 1.35 bits per heavy atom. The van der Waals surface area contributed by atoms with Crippen LogP contribution in [-0.2, 0) is 17.5 Å². The van der Waals surface area contributed by atoms with Gasteiger partial charge >= 0.3 is 6.18 Å². The number of carbonyl (C=O) groups is 1. The van der Waals surface area contributed by atoms with Crippen LogP contribution in [0.15, 0.2) is 35.4 Å². The summed E-state index contributed by atoms with van der Waals surface area (Å²) in [6.07, 6.45) is -2.77. The second kappa shape index (κ2) is 6.59. The number of anilines is 1. The van der Waals surface area contributed by atoms with E-state index in [1.54, 1.807) is 0 Å². The minimum Gasteiger partial charge on any atom is -0.322 e. The Labute approximate surface area is 137 Å². The molecule has 2 aromatic rings. The highest BCUT2D eigenvalue weighted by molar-refractivity contribution is 6.32. The molecule has 1 N–H and O–H groups in total. The number of halogens is 5. The first-order chi connectivity index (χ1) is 10.7. The minimum absolute atomic E-state index is 0.00951. The van der Waals surface area contributed by atoms with Crippen molar-refractivity contribution in [2.24, 2.45) is 0 Å². The number of alkyl halides is 3. The third-order valence-corrected chi connectivity index (χ3v) is 3.29. The average molecular weight is 366 g/mol. The smallest absolute Gasteiger partial charge is 0.322 e. The van der Waals surface area contributed by atoms with Crippen molar-refractivity contribution >= 4 is 34.8 Å². The van der Waals surface area contributed by atoms with Crippen molar-refractivity contribution in [3.8, 4) is 0 Å². The summed E-state index contributed by atoms with van der Waals surface area (Å²) in [4.78, 5) is 27.4. The molecule has 0 saturated heterocycles. The molecule has 0 spiro atoms. The van der Waals surface area contributed by atoms with Gasteiger partial charge in [-0.2, -0.15) is 13.2 Å². The summed E-state index contributed by atoms with van der Waals surface area (Å²) in [5.74, 6) is -0.752. The summed E-state index contributed by atoms with van der Waals surface area (Å²) in [6.45, 7) is -0.659. The zero-order valence-electron chi connectivity index (χ0n) is 11.2. The molecule has 1 amide bonds. The molecule has 10 heteroatoms. The predicted octanol–water partition coefficient (Wildman–Crippen LogP) is 3.21. The average Bonchev–Trinajstić information content (AvgIpc) is 2.45. The first-order valence-corrected chi connectivity index (χ1v) is 6.81. The van der Waals surface area contributed by atoms with E-state index in [4.69, 9.17) is 23.2 Å². The van der Waals surface area contributed by atoms with Crippen LogP contribution in [0.5, 0.6) is 0 Å². The zero-order chi connectivity index (χ0) is 17.2. The Bertz CT molecular complexity index is 806. The molecule has 23 heavy (non-hydrogen) atoms. The van der Waals surface area contributed by atoms with E-state index in [1.165, 1.54) is 18.3 Å². The highest BCUT2D eigenvalue weighted by atomic mass is 35.5. The fraction of sp³-hybridized carbons (Fsp3) is 0.154. The van der Waals surface area contributed by atoms with E-state index in [9.17, 15) is 22.8 Å². The van der Waals surface area contributed by atoms with Crippen molar-refractivity contribution in [2.45, 2.75) is 12.7 Å². The number of hydrogen-bond acceptors (Lipinski definition) is 3. The van der Waals surface area contributed by atoms with Gasteiger partial charge in [-0.1, -0.05) is 23.2 Å². The van der Waals surface area contributed by atoms with E-state index in [1.807, 2.05) is 0 Å².